The van der Waals surface area contributed by atoms with E-state index in [1.54, 1.807) is 0 Å². The molecule has 1 aliphatic rings. The van der Waals surface area contributed by atoms with Gasteiger partial charge in [0.25, 0.3) is 0 Å². The first kappa shape index (κ1) is 11.0. The van der Waals surface area contributed by atoms with Gasteiger partial charge in [-0.15, -0.1) is 0 Å². The lowest BCUT2D eigenvalue weighted by Gasteiger charge is -2.28. The summed E-state index contributed by atoms with van der Waals surface area (Å²) in [6, 6.07) is 1.91. The summed E-state index contributed by atoms with van der Waals surface area (Å²) in [4.78, 5) is 13.3. The van der Waals surface area contributed by atoms with Crippen LogP contribution in [-0.2, 0) is 4.79 Å². The SMILES string of the molecule is CC(C)[C@@]1(C)CCN(C(=O)CC#N)C1. The predicted octanol–water partition coefficient (Wildman–Crippen LogP) is 1.79. The fraction of sp³-hybridized carbons (Fsp3) is 0.818. The Labute approximate surface area is 85.7 Å². The fourth-order valence-corrected chi connectivity index (χ4v) is 1.85. The van der Waals surface area contributed by atoms with Gasteiger partial charge in [0.2, 0.25) is 5.91 Å². The molecule has 1 amide bonds. The molecule has 0 saturated carbocycles. The molecule has 0 bridgehead atoms. The van der Waals surface area contributed by atoms with E-state index in [2.05, 4.69) is 20.8 Å². The molecule has 0 aromatic carbocycles. The molecule has 0 aromatic heterocycles. The monoisotopic (exact) mass is 194 g/mol. The van der Waals surface area contributed by atoms with Crippen LogP contribution < -0.4 is 0 Å². The summed E-state index contributed by atoms with van der Waals surface area (Å²) in [5.74, 6) is 0.569. The largest absolute Gasteiger partial charge is 0.341 e. The number of hydrogen-bond donors (Lipinski definition) is 0. The second kappa shape index (κ2) is 4.00. The zero-order chi connectivity index (χ0) is 10.8. The van der Waals surface area contributed by atoms with Crippen LogP contribution in [0.1, 0.15) is 33.6 Å². The van der Waals surface area contributed by atoms with Crippen molar-refractivity contribution in [1.82, 2.24) is 4.90 Å². The third-order valence-corrected chi connectivity index (χ3v) is 3.48. The first-order valence-corrected chi connectivity index (χ1v) is 5.14. The maximum absolute atomic E-state index is 11.5. The quantitative estimate of drug-likeness (QED) is 0.672. The van der Waals surface area contributed by atoms with Crippen LogP contribution in [0, 0.1) is 22.7 Å². The Balaban J connectivity index is 2.57. The normalized spacial score (nSPS) is 26.6. The van der Waals surface area contributed by atoms with Gasteiger partial charge in [-0.25, -0.2) is 0 Å². The smallest absolute Gasteiger partial charge is 0.236 e. The van der Waals surface area contributed by atoms with Crippen molar-refractivity contribution in [1.29, 1.82) is 5.26 Å². The topological polar surface area (TPSA) is 44.1 Å². The zero-order valence-corrected chi connectivity index (χ0v) is 9.21. The Kier molecular flexibility index (Phi) is 3.15. The summed E-state index contributed by atoms with van der Waals surface area (Å²) in [7, 11) is 0. The summed E-state index contributed by atoms with van der Waals surface area (Å²) < 4.78 is 0. The fourth-order valence-electron chi connectivity index (χ4n) is 1.85. The lowest BCUT2D eigenvalue weighted by Crippen LogP contribution is -2.32. The van der Waals surface area contributed by atoms with Gasteiger partial charge in [0.15, 0.2) is 0 Å². The number of carbonyl (C=O) groups excluding carboxylic acids is 1. The van der Waals surface area contributed by atoms with Crippen LogP contribution >= 0.6 is 0 Å². The van der Waals surface area contributed by atoms with Gasteiger partial charge in [-0.2, -0.15) is 5.26 Å². The van der Waals surface area contributed by atoms with Crippen LogP contribution in [0.5, 0.6) is 0 Å². The van der Waals surface area contributed by atoms with Crippen LogP contribution in [0.4, 0.5) is 0 Å². The van der Waals surface area contributed by atoms with E-state index >= 15 is 0 Å². The minimum absolute atomic E-state index is 0.0168. The van der Waals surface area contributed by atoms with Crippen molar-refractivity contribution < 1.29 is 4.79 Å². The van der Waals surface area contributed by atoms with Gasteiger partial charge in [0.05, 0.1) is 6.07 Å². The molecule has 1 aliphatic heterocycles. The van der Waals surface area contributed by atoms with Gasteiger partial charge in [0, 0.05) is 13.1 Å². The Morgan fingerprint density at radius 3 is 2.71 bits per heavy atom. The van der Waals surface area contributed by atoms with Crippen molar-refractivity contribution in [2.75, 3.05) is 13.1 Å². The highest BCUT2D eigenvalue weighted by molar-refractivity contribution is 5.78. The Morgan fingerprint density at radius 1 is 1.64 bits per heavy atom. The summed E-state index contributed by atoms with van der Waals surface area (Å²) in [5, 5.41) is 8.44. The third-order valence-electron chi connectivity index (χ3n) is 3.48. The average Bonchev–Trinajstić information content (AvgIpc) is 2.50. The minimum atomic E-state index is -0.0168. The maximum Gasteiger partial charge on any atom is 0.236 e. The number of amides is 1. The van der Waals surface area contributed by atoms with E-state index in [-0.39, 0.29) is 17.7 Å². The molecule has 0 aliphatic carbocycles. The second-order valence-electron chi connectivity index (χ2n) is 4.71. The van der Waals surface area contributed by atoms with Crippen LogP contribution in [0.2, 0.25) is 0 Å². The lowest BCUT2D eigenvalue weighted by atomic mass is 9.78. The Hall–Kier alpha value is -1.04. The molecule has 1 atom stereocenters. The van der Waals surface area contributed by atoms with Crippen LogP contribution in [0.25, 0.3) is 0 Å². The molecule has 0 unspecified atom stereocenters. The molecule has 3 heteroatoms. The molecule has 1 fully saturated rings. The van der Waals surface area contributed by atoms with Gasteiger partial charge in [-0.05, 0) is 17.8 Å². The van der Waals surface area contributed by atoms with E-state index in [0.29, 0.717) is 5.92 Å². The Morgan fingerprint density at radius 2 is 2.29 bits per heavy atom. The van der Waals surface area contributed by atoms with E-state index < -0.39 is 0 Å². The van der Waals surface area contributed by atoms with Crippen molar-refractivity contribution in [2.24, 2.45) is 11.3 Å². The minimum Gasteiger partial charge on any atom is -0.341 e. The van der Waals surface area contributed by atoms with Crippen molar-refractivity contribution in [3.63, 3.8) is 0 Å². The molecule has 3 nitrogen and oxygen atoms in total. The van der Waals surface area contributed by atoms with Crippen LogP contribution in [0.15, 0.2) is 0 Å². The van der Waals surface area contributed by atoms with E-state index in [4.69, 9.17) is 5.26 Å². The lowest BCUT2D eigenvalue weighted by molar-refractivity contribution is -0.129. The van der Waals surface area contributed by atoms with Gasteiger partial charge in [0.1, 0.15) is 6.42 Å². The van der Waals surface area contributed by atoms with Crippen molar-refractivity contribution >= 4 is 5.91 Å². The molecule has 78 valence electrons. The molecule has 0 spiro atoms. The van der Waals surface area contributed by atoms with E-state index in [1.807, 2.05) is 11.0 Å². The number of nitriles is 1. The molecular weight excluding hydrogens is 176 g/mol. The molecular formula is C11H18N2O. The van der Waals surface area contributed by atoms with Crippen molar-refractivity contribution in [2.45, 2.75) is 33.6 Å². The van der Waals surface area contributed by atoms with E-state index in [0.717, 1.165) is 19.5 Å². The summed E-state index contributed by atoms with van der Waals surface area (Å²) >= 11 is 0. The average molecular weight is 194 g/mol. The molecule has 1 saturated heterocycles. The molecule has 14 heavy (non-hydrogen) atoms. The Bertz CT molecular complexity index is 267. The molecule has 0 aromatic rings. The number of rotatable bonds is 2. The molecule has 0 radical (unpaired) electrons. The maximum atomic E-state index is 11.5. The first-order chi connectivity index (χ1) is 6.49. The van der Waals surface area contributed by atoms with Gasteiger partial charge in [-0.3, -0.25) is 4.79 Å². The van der Waals surface area contributed by atoms with Gasteiger partial charge in [-0.1, -0.05) is 20.8 Å². The summed E-state index contributed by atoms with van der Waals surface area (Å²) in [6.07, 6.45) is 1.08. The number of likely N-dealkylation sites (tertiary alicyclic amines) is 1. The van der Waals surface area contributed by atoms with Gasteiger partial charge >= 0.3 is 0 Å². The van der Waals surface area contributed by atoms with E-state index in [1.165, 1.54) is 0 Å². The predicted molar refractivity (Wildman–Crippen MR) is 54.4 cm³/mol. The summed E-state index contributed by atoms with van der Waals surface area (Å²) in [6.45, 7) is 8.23. The van der Waals surface area contributed by atoms with Crippen LogP contribution in [-0.4, -0.2) is 23.9 Å². The zero-order valence-electron chi connectivity index (χ0n) is 9.21. The van der Waals surface area contributed by atoms with Crippen molar-refractivity contribution in [3.05, 3.63) is 0 Å². The number of nitrogens with zero attached hydrogens (tertiary/aromatic N) is 2. The molecule has 1 heterocycles. The second-order valence-corrected chi connectivity index (χ2v) is 4.71. The van der Waals surface area contributed by atoms with E-state index in [9.17, 15) is 4.79 Å². The summed E-state index contributed by atoms with van der Waals surface area (Å²) in [5.41, 5.74) is 0.241. The molecule has 1 rings (SSSR count). The number of carbonyl (C=O) groups is 1. The van der Waals surface area contributed by atoms with Crippen molar-refractivity contribution in [3.8, 4) is 6.07 Å². The highest BCUT2D eigenvalue weighted by atomic mass is 16.2. The first-order valence-electron chi connectivity index (χ1n) is 5.14. The highest BCUT2D eigenvalue weighted by Gasteiger charge is 2.37. The highest BCUT2D eigenvalue weighted by Crippen LogP contribution is 2.37. The molecule has 0 N–H and O–H groups in total. The third kappa shape index (κ3) is 2.06. The van der Waals surface area contributed by atoms with Crippen LogP contribution in [0.3, 0.4) is 0 Å². The standard InChI is InChI=1S/C11H18N2O/c1-9(2)11(3)5-7-13(8-11)10(14)4-6-12/h9H,4-5,7-8H2,1-3H3/t11-/m0/s1. The number of hydrogen-bond acceptors (Lipinski definition) is 2. The van der Waals surface area contributed by atoms with Gasteiger partial charge < -0.3 is 4.90 Å².